The van der Waals surface area contributed by atoms with Gasteiger partial charge in [0.2, 0.25) is 5.91 Å². The molecular formula is C59H68N8O13S5. The van der Waals surface area contributed by atoms with Gasteiger partial charge in [-0.3, -0.25) is 48.3 Å². The summed E-state index contributed by atoms with van der Waals surface area (Å²) in [5.74, 6) is -5.09. The molecule has 2 aromatic carbocycles. The molecule has 452 valence electrons. The number of aromatic nitrogens is 4. The first-order valence-electron chi connectivity index (χ1n) is 26.4. The summed E-state index contributed by atoms with van der Waals surface area (Å²) in [7, 11) is -6.95. The Labute approximate surface area is 509 Å². The van der Waals surface area contributed by atoms with Gasteiger partial charge >= 0.3 is 5.97 Å². The number of nitrogens with zero attached hydrogens (tertiary/aromatic N) is 5. The van der Waals surface area contributed by atoms with Gasteiger partial charge in [-0.25, -0.2) is 16.8 Å². The minimum absolute atomic E-state index is 0. The van der Waals surface area contributed by atoms with Crippen molar-refractivity contribution in [3.05, 3.63) is 155 Å². The molecule has 6 heterocycles. The molecule has 10 rings (SSSR count). The topological polar surface area (TPSA) is 328 Å². The van der Waals surface area contributed by atoms with Crippen LogP contribution in [0.2, 0.25) is 0 Å². The number of hydrogen-bond acceptors (Lipinski definition) is 17. The van der Waals surface area contributed by atoms with E-state index in [4.69, 9.17) is 16.6 Å². The largest absolute Gasteiger partial charge is 0.480 e. The second-order valence-corrected chi connectivity index (χ2v) is 25.1. The van der Waals surface area contributed by atoms with Crippen molar-refractivity contribution >= 4 is 124 Å². The number of amides is 3. The maximum atomic E-state index is 13.5. The van der Waals surface area contributed by atoms with Crippen molar-refractivity contribution in [1.29, 1.82) is 0 Å². The van der Waals surface area contributed by atoms with E-state index in [0.717, 1.165) is 30.0 Å². The van der Waals surface area contributed by atoms with E-state index in [1.54, 1.807) is 16.7 Å². The Morgan fingerprint density at radius 3 is 1.52 bits per heavy atom. The predicted molar refractivity (Wildman–Crippen MR) is 333 cm³/mol. The molecule has 21 nitrogen and oxygen atoms in total. The average molecular weight is 1260 g/mol. The minimum atomic E-state index is -3.51. The van der Waals surface area contributed by atoms with Gasteiger partial charge in [0.25, 0.3) is 11.8 Å². The molecule has 0 saturated heterocycles. The molecule has 4 aromatic heterocycles. The maximum absolute atomic E-state index is 13.5. The SMILES string of the molecule is C.Cc1cccc(CC(=O)[C@@H]2CC=CCN2)n1.Cc1cccc(CC(=O)[C@@H]2CC=CCN2C(=O)Cn2cc(C(N)=O)c3cc(C(=O)CS(=O)(=O)C4CC4)ccc32)n1.NC(=O)c1cn(CC(=O)O)c2ccc(C(=O)CS(=O)(=O)C3CC3)cc12.S.S=S. The van der Waals surface area contributed by atoms with Gasteiger partial charge in [0, 0.05) is 104 Å². The van der Waals surface area contributed by atoms with Crippen molar-refractivity contribution in [3.63, 3.8) is 0 Å². The number of aryl methyl sites for hydroxylation is 2. The highest BCUT2D eigenvalue weighted by Gasteiger charge is 2.38. The third-order valence-electron chi connectivity index (χ3n) is 14.2. The second kappa shape index (κ2) is 30.0. The summed E-state index contributed by atoms with van der Waals surface area (Å²) in [6.45, 7) is 4.32. The van der Waals surface area contributed by atoms with Crippen LogP contribution < -0.4 is 16.8 Å². The van der Waals surface area contributed by atoms with E-state index in [2.05, 4.69) is 49.8 Å². The minimum Gasteiger partial charge on any atom is -0.480 e. The van der Waals surface area contributed by atoms with Crippen LogP contribution in [0.4, 0.5) is 0 Å². The van der Waals surface area contributed by atoms with Crippen LogP contribution in [-0.2, 0) is 87.2 Å². The zero-order chi connectivity index (χ0) is 60.3. The van der Waals surface area contributed by atoms with Crippen molar-refractivity contribution in [2.24, 2.45) is 11.5 Å². The number of carboxylic acids is 1. The molecule has 2 fully saturated rings. The number of hydrogen-bond donors (Lipinski definition) is 4. The summed E-state index contributed by atoms with van der Waals surface area (Å²) < 4.78 is 51.5. The molecule has 4 aliphatic rings. The Morgan fingerprint density at radius 2 is 1.09 bits per heavy atom. The number of pyridine rings is 2. The molecule has 2 atom stereocenters. The molecule has 2 aliphatic carbocycles. The number of nitrogens with one attached hydrogen (secondary N) is 1. The van der Waals surface area contributed by atoms with Gasteiger partial charge in [-0.15, -0.1) is 0 Å². The van der Waals surface area contributed by atoms with Crippen LogP contribution in [0.3, 0.4) is 0 Å². The number of fused-ring (bicyclic) bond motifs is 2. The summed E-state index contributed by atoms with van der Waals surface area (Å²) >= 11 is 7.33. The molecule has 6 N–H and O–H groups in total. The molecule has 2 saturated carbocycles. The lowest BCUT2D eigenvalue weighted by molar-refractivity contribution is -0.139. The molecular weight excluding hydrogens is 1190 g/mol. The number of benzene rings is 2. The quantitative estimate of drug-likeness (QED) is 0.0582. The number of nitrogens with two attached hydrogens (primary N) is 2. The van der Waals surface area contributed by atoms with Gasteiger partial charge in [-0.05, 0) is 113 Å². The number of aliphatic carboxylic acids is 1. The summed E-state index contributed by atoms with van der Waals surface area (Å²) in [6, 6.07) is 19.4. The fraction of sp³-hybridized carbons (Fsp3) is 0.356. The summed E-state index contributed by atoms with van der Waals surface area (Å²) in [5, 5.41) is 11.9. The van der Waals surface area contributed by atoms with Crippen LogP contribution >= 0.6 is 13.5 Å². The third-order valence-corrected chi connectivity index (χ3v) is 18.5. The number of primary amides is 2. The van der Waals surface area contributed by atoms with E-state index in [1.165, 1.54) is 52.2 Å². The molecule has 0 unspecified atom stereocenters. The number of rotatable bonds is 20. The van der Waals surface area contributed by atoms with E-state index in [9.17, 15) is 55.2 Å². The standard InChI is InChI=1S/C29H30N4O6S.C16H16N2O6S.C13H16N2O.CH4.S2.H2S/c1-18-5-4-6-20(31-18)14-26(34)25-7-2-3-12-33(25)28(36)16-32-15-23(29(30)37)22-13-19(8-11-24(22)32)27(35)17-40(38,39)21-9-10-21;17-16(22)12-6-18(7-15(20)21)13-4-1-9(5-11(12)13)14(19)8-25(23,24)10-2-3-10;1-10-5-4-6-11(15-10)9-13(16)12-7-2-3-8-14-12;;1-2;/h2-6,8,11,13,15,21,25H,7,9-10,12,14,16-17H2,1H3,(H2,30,37);1,4-6,10H,2-3,7-8H2,(H2,17,22)(H,20,21);2-6,12,14H,7-9H2,1H3;1H4;;1H2/t25-;;12-;;;/m0.0.../s1. The lowest BCUT2D eigenvalue weighted by Crippen LogP contribution is -2.48. The summed E-state index contributed by atoms with van der Waals surface area (Å²) in [5.41, 5.74) is 15.6. The van der Waals surface area contributed by atoms with Gasteiger partial charge in [-0.2, -0.15) is 13.5 Å². The Morgan fingerprint density at radius 1 is 0.635 bits per heavy atom. The number of carbonyl (C=O) groups is 8. The van der Waals surface area contributed by atoms with Crippen LogP contribution in [-0.4, -0.2) is 140 Å². The first-order chi connectivity index (χ1) is 39.5. The predicted octanol–water partition coefficient (Wildman–Crippen LogP) is 4.92. The van der Waals surface area contributed by atoms with Crippen LogP contribution in [0.1, 0.15) is 110 Å². The van der Waals surface area contributed by atoms with E-state index in [-0.39, 0.29) is 92.7 Å². The number of Topliss-reactive ketones (excluding diaryl/α,β-unsaturated/α-hetero) is 4. The smallest absolute Gasteiger partial charge is 0.323 e. The summed E-state index contributed by atoms with van der Waals surface area (Å²) in [6.07, 6.45) is 14.6. The van der Waals surface area contributed by atoms with Crippen molar-refractivity contribution in [3.8, 4) is 0 Å². The molecule has 26 heteroatoms. The molecule has 3 amide bonds. The Bertz CT molecular complexity index is 3830. The second-order valence-electron chi connectivity index (χ2n) is 20.6. The van der Waals surface area contributed by atoms with Crippen LogP contribution in [0.15, 0.2) is 109 Å². The normalized spacial score (nSPS) is 16.1. The van der Waals surface area contributed by atoms with Crippen LogP contribution in [0.5, 0.6) is 0 Å². The monoisotopic (exact) mass is 1260 g/mol. The summed E-state index contributed by atoms with van der Waals surface area (Å²) in [4.78, 5) is 109. The third kappa shape index (κ3) is 18.0. The molecule has 85 heavy (non-hydrogen) atoms. The maximum Gasteiger partial charge on any atom is 0.323 e. The molecule has 6 aromatic rings. The Kier molecular flexibility index (Phi) is 24.1. The highest BCUT2D eigenvalue weighted by Crippen LogP contribution is 2.32. The Hall–Kier alpha value is -7.49. The van der Waals surface area contributed by atoms with E-state index >= 15 is 0 Å². The highest BCUT2D eigenvalue weighted by atomic mass is 32.8. The fourth-order valence-electron chi connectivity index (χ4n) is 9.70. The molecule has 0 radical (unpaired) electrons. The lowest BCUT2D eigenvalue weighted by atomic mass is 9.99. The van der Waals surface area contributed by atoms with E-state index in [0.29, 0.717) is 66.0 Å². The van der Waals surface area contributed by atoms with Crippen molar-refractivity contribution in [2.75, 3.05) is 24.6 Å². The molecule has 0 spiro atoms. The van der Waals surface area contributed by atoms with Gasteiger partial charge < -0.3 is 35.9 Å². The number of carboxylic acid groups (broad SMARTS) is 1. The zero-order valence-corrected chi connectivity index (χ0v) is 50.2. The molecule has 0 bridgehead atoms. The zero-order valence-electron chi connectivity index (χ0n) is 46.0. The van der Waals surface area contributed by atoms with Crippen molar-refractivity contribution in [2.45, 2.75) is 108 Å². The van der Waals surface area contributed by atoms with Crippen LogP contribution in [0, 0.1) is 13.8 Å². The van der Waals surface area contributed by atoms with Crippen molar-refractivity contribution < 1.29 is 60.3 Å². The van der Waals surface area contributed by atoms with Gasteiger partial charge in [0.1, 0.15) is 24.6 Å². The molecule has 2 aliphatic heterocycles. The fourth-order valence-corrected chi connectivity index (χ4v) is 12.9. The van der Waals surface area contributed by atoms with Crippen molar-refractivity contribution in [1.82, 2.24) is 29.3 Å². The van der Waals surface area contributed by atoms with Crippen LogP contribution in [0.25, 0.3) is 21.8 Å². The van der Waals surface area contributed by atoms with Gasteiger partial charge in [-0.1, -0.05) is 43.9 Å². The number of carbonyl (C=O) groups excluding carboxylic acids is 7. The Balaban J connectivity index is 0.000000250. The first-order valence-corrected chi connectivity index (χ1v) is 31.2. The van der Waals surface area contributed by atoms with Gasteiger partial charge in [0.05, 0.1) is 46.6 Å². The van der Waals surface area contributed by atoms with Gasteiger partial charge in [0.15, 0.2) is 42.8 Å². The van der Waals surface area contributed by atoms with E-state index in [1.807, 2.05) is 56.3 Å². The number of sulfone groups is 2. The lowest BCUT2D eigenvalue weighted by Gasteiger charge is -2.32. The highest BCUT2D eigenvalue weighted by molar-refractivity contribution is 8.07. The van der Waals surface area contributed by atoms with E-state index < -0.39 is 77.1 Å². The number of ketones is 4. The average Bonchev–Trinajstić information content (AvgIpc) is 3.91. The first kappa shape index (κ1) is 68.3.